The molecule has 2 radical (unpaired) electrons. The minimum Gasteiger partial charge on any atom is -0.374 e. The van der Waals surface area contributed by atoms with Crippen LogP contribution < -0.4 is 0 Å². The Kier molecular flexibility index (Phi) is 6.72. The molecule has 0 aliphatic carbocycles. The Bertz CT molecular complexity index is 91.3. The van der Waals surface area contributed by atoms with Gasteiger partial charge in [0.15, 0.2) is 0 Å². The fourth-order valence-electron chi connectivity index (χ4n) is 0.754. The molecule has 0 N–H and O–H groups in total. The van der Waals surface area contributed by atoms with Crippen molar-refractivity contribution in [1.29, 1.82) is 0 Å². The zero-order valence-corrected chi connectivity index (χ0v) is 6.84. The van der Waals surface area contributed by atoms with Crippen molar-refractivity contribution < 1.29 is 4.74 Å². The van der Waals surface area contributed by atoms with Crippen LogP contribution in [0.25, 0.3) is 0 Å². The molecule has 1 unspecified atom stereocenters. The maximum absolute atomic E-state index is 5.35. The van der Waals surface area contributed by atoms with Crippen molar-refractivity contribution in [2.45, 2.75) is 32.7 Å². The highest BCUT2D eigenvalue weighted by Crippen LogP contribution is 1.99. The molecule has 0 saturated carbocycles. The lowest BCUT2D eigenvalue weighted by Gasteiger charge is -2.08. The minimum atomic E-state index is 0.258. The van der Waals surface area contributed by atoms with E-state index in [2.05, 4.69) is 6.92 Å². The van der Waals surface area contributed by atoms with Gasteiger partial charge in [-0.3, -0.25) is 0 Å². The minimum absolute atomic E-state index is 0.258. The lowest BCUT2D eigenvalue weighted by Crippen LogP contribution is -2.07. The second-order valence-corrected chi connectivity index (χ2v) is 2.07. The van der Waals surface area contributed by atoms with Gasteiger partial charge in [0.25, 0.3) is 0 Å². The van der Waals surface area contributed by atoms with Gasteiger partial charge in [-0.25, -0.2) is 0 Å². The molecular weight excluding hydrogens is 123 g/mol. The number of allylic oxidation sites excluding steroid dienone is 1. The van der Waals surface area contributed by atoms with E-state index >= 15 is 0 Å². The van der Waals surface area contributed by atoms with Crippen LogP contribution in [-0.2, 0) is 4.74 Å². The molecule has 2 heteroatoms. The van der Waals surface area contributed by atoms with Gasteiger partial charge in [0, 0.05) is 6.61 Å². The average molecular weight is 138 g/mol. The largest absolute Gasteiger partial charge is 0.374 e. The van der Waals surface area contributed by atoms with E-state index in [0.717, 1.165) is 13.0 Å². The van der Waals surface area contributed by atoms with Gasteiger partial charge in [-0.1, -0.05) is 25.4 Å². The van der Waals surface area contributed by atoms with Gasteiger partial charge < -0.3 is 4.74 Å². The zero-order chi connectivity index (χ0) is 7.82. The van der Waals surface area contributed by atoms with E-state index in [9.17, 15) is 0 Å². The fraction of sp³-hybridized carbons (Fsp3) is 0.750. The van der Waals surface area contributed by atoms with Gasteiger partial charge in [0.2, 0.25) is 0 Å². The fourth-order valence-corrected chi connectivity index (χ4v) is 0.754. The highest BCUT2D eigenvalue weighted by molar-refractivity contribution is 6.09. The van der Waals surface area contributed by atoms with E-state index < -0.39 is 0 Å². The Balaban J connectivity index is 3.48. The third-order valence-corrected chi connectivity index (χ3v) is 1.27. The number of hydrogen-bond donors (Lipinski definition) is 0. The van der Waals surface area contributed by atoms with Crippen molar-refractivity contribution in [1.82, 2.24) is 0 Å². The second kappa shape index (κ2) is 6.88. The normalized spacial score (nSPS) is 14.2. The first-order valence-corrected chi connectivity index (χ1v) is 3.83. The molecule has 1 nitrogen and oxygen atoms in total. The molecule has 10 heavy (non-hydrogen) atoms. The summed E-state index contributed by atoms with van der Waals surface area (Å²) >= 11 is 0. The summed E-state index contributed by atoms with van der Waals surface area (Å²) in [6.07, 6.45) is 5.83. The van der Waals surface area contributed by atoms with Crippen molar-refractivity contribution in [3.63, 3.8) is 0 Å². The quantitative estimate of drug-likeness (QED) is 0.416. The van der Waals surface area contributed by atoms with E-state index in [1.54, 1.807) is 0 Å². The molecule has 0 heterocycles. The van der Waals surface area contributed by atoms with Crippen molar-refractivity contribution in [3.05, 3.63) is 12.2 Å². The summed E-state index contributed by atoms with van der Waals surface area (Å²) < 4.78 is 5.35. The molecule has 0 aliphatic rings. The summed E-state index contributed by atoms with van der Waals surface area (Å²) in [6.45, 7) is 4.87. The summed E-state index contributed by atoms with van der Waals surface area (Å²) in [5.41, 5.74) is 0. The van der Waals surface area contributed by atoms with Crippen LogP contribution in [0.2, 0.25) is 6.32 Å². The Labute approximate surface area is 64.9 Å². The van der Waals surface area contributed by atoms with Crippen LogP contribution in [0.3, 0.4) is 0 Å². The highest BCUT2D eigenvalue weighted by Gasteiger charge is 1.97. The molecule has 0 aromatic heterocycles. The van der Waals surface area contributed by atoms with Crippen molar-refractivity contribution in [2.75, 3.05) is 6.61 Å². The number of rotatable bonds is 5. The van der Waals surface area contributed by atoms with E-state index in [-0.39, 0.29) is 6.10 Å². The third kappa shape index (κ3) is 4.63. The Hall–Kier alpha value is -0.235. The number of ether oxygens (including phenoxy) is 1. The highest BCUT2D eigenvalue weighted by atomic mass is 16.5. The van der Waals surface area contributed by atoms with E-state index in [0.29, 0.717) is 6.32 Å². The topological polar surface area (TPSA) is 9.23 Å². The molecule has 0 aliphatic heterocycles. The summed E-state index contributed by atoms with van der Waals surface area (Å²) in [6, 6.07) is 0. The molecule has 0 rings (SSSR count). The molecular formula is C8H15BO. The molecule has 0 spiro atoms. The molecule has 0 fully saturated rings. The van der Waals surface area contributed by atoms with Gasteiger partial charge in [-0.05, 0) is 13.3 Å². The molecule has 0 aromatic carbocycles. The maximum Gasteiger partial charge on any atom is 0.0752 e. The SMILES string of the molecule is [B]C/C=C/C(CC)OCC. The summed E-state index contributed by atoms with van der Waals surface area (Å²) in [4.78, 5) is 0. The van der Waals surface area contributed by atoms with Gasteiger partial charge >= 0.3 is 0 Å². The van der Waals surface area contributed by atoms with E-state index in [1.807, 2.05) is 19.1 Å². The molecule has 0 amide bonds. The second-order valence-electron chi connectivity index (χ2n) is 2.07. The van der Waals surface area contributed by atoms with E-state index in [4.69, 9.17) is 12.6 Å². The first kappa shape index (κ1) is 9.76. The number of hydrogen-bond acceptors (Lipinski definition) is 1. The van der Waals surface area contributed by atoms with Gasteiger partial charge in [0.1, 0.15) is 0 Å². The van der Waals surface area contributed by atoms with Crippen LogP contribution >= 0.6 is 0 Å². The van der Waals surface area contributed by atoms with Crippen molar-refractivity contribution in [3.8, 4) is 0 Å². The van der Waals surface area contributed by atoms with Crippen molar-refractivity contribution >= 4 is 7.85 Å². The zero-order valence-electron chi connectivity index (χ0n) is 6.84. The van der Waals surface area contributed by atoms with Crippen LogP contribution in [0.4, 0.5) is 0 Å². The maximum atomic E-state index is 5.35. The standard InChI is InChI=1S/C8H15BO/c1-3-8(10-4-2)6-5-7-9/h5-6,8H,3-4,7H2,1-2H3/b6-5+. The molecule has 0 bridgehead atoms. The molecule has 0 saturated heterocycles. The van der Waals surface area contributed by atoms with Crippen LogP contribution in [0.5, 0.6) is 0 Å². The van der Waals surface area contributed by atoms with Crippen molar-refractivity contribution in [2.24, 2.45) is 0 Å². The Morgan fingerprint density at radius 2 is 2.20 bits per heavy atom. The summed E-state index contributed by atoms with van der Waals surface area (Å²) in [5, 5.41) is 0. The van der Waals surface area contributed by atoms with Crippen LogP contribution in [0.1, 0.15) is 20.3 Å². The molecule has 1 atom stereocenters. The monoisotopic (exact) mass is 138 g/mol. The van der Waals surface area contributed by atoms with E-state index in [1.165, 1.54) is 0 Å². The van der Waals surface area contributed by atoms with Crippen LogP contribution in [0.15, 0.2) is 12.2 Å². The van der Waals surface area contributed by atoms with Gasteiger partial charge in [0.05, 0.1) is 14.0 Å². The van der Waals surface area contributed by atoms with Gasteiger partial charge in [-0.15, -0.1) is 0 Å². The van der Waals surface area contributed by atoms with Crippen LogP contribution in [-0.4, -0.2) is 20.6 Å². The average Bonchev–Trinajstić information content (AvgIpc) is 1.98. The lowest BCUT2D eigenvalue weighted by molar-refractivity contribution is 0.0938. The predicted octanol–water partition coefficient (Wildman–Crippen LogP) is 1.94. The summed E-state index contributed by atoms with van der Waals surface area (Å²) in [7, 11) is 5.29. The van der Waals surface area contributed by atoms with Gasteiger partial charge in [-0.2, -0.15) is 0 Å². The first-order valence-electron chi connectivity index (χ1n) is 3.83. The Morgan fingerprint density at radius 1 is 1.50 bits per heavy atom. The molecule has 0 aromatic rings. The molecule has 56 valence electrons. The predicted molar refractivity (Wildman–Crippen MR) is 45.4 cm³/mol. The van der Waals surface area contributed by atoms with Crippen LogP contribution in [0, 0.1) is 0 Å². The third-order valence-electron chi connectivity index (χ3n) is 1.27. The smallest absolute Gasteiger partial charge is 0.0752 e. The summed E-state index contributed by atoms with van der Waals surface area (Å²) in [5.74, 6) is 0. The lowest BCUT2D eigenvalue weighted by atomic mass is 10.0. The Morgan fingerprint density at radius 3 is 2.60 bits per heavy atom. The first-order chi connectivity index (χ1) is 4.85.